The molecule has 2 aliphatic heterocycles. The second-order valence-electron chi connectivity index (χ2n) is 27.4. The number of nitrogens with two attached hydrogens (primary N) is 2. The molecule has 5 amide bonds. The SMILES string of the molecule is CC(=O)C[C@H](C(=O)N[C@@H](CCCCC(N)=O)C(=O)Nc1ccc(COC(=O)N2C[C@@H](CN(C(=O)[C@H](C)O)[C@@H](c3nc(-c4cc(F)ccc4F)cn3Cc3ccccc3)C(C)(C)C)[C@@H](F)C2)cc1)C(C)C.CCCOCCCC(=O)CCCN1CCN(CCOc2ccc(C=O)c(N)c2)CC1. The number of amides is 5. The van der Waals surface area contributed by atoms with Gasteiger partial charge in [-0.2, -0.15) is 0 Å². The number of rotatable bonds is 37. The van der Waals surface area contributed by atoms with Gasteiger partial charge in [-0.05, 0) is 117 Å². The second-order valence-corrected chi connectivity index (χ2v) is 27.4. The number of unbranched alkanes of at least 4 members (excludes halogenated alkanes) is 1. The van der Waals surface area contributed by atoms with Crippen LogP contribution in [-0.2, 0) is 51.4 Å². The summed E-state index contributed by atoms with van der Waals surface area (Å²) in [6.45, 7) is 21.3. The van der Waals surface area contributed by atoms with Gasteiger partial charge >= 0.3 is 6.09 Å². The number of imidazole rings is 1. The van der Waals surface area contributed by atoms with E-state index in [0.29, 0.717) is 78.8 Å². The first-order valence-electron chi connectivity index (χ1n) is 34.7. The van der Waals surface area contributed by atoms with Crippen molar-refractivity contribution < 1.29 is 70.8 Å². The van der Waals surface area contributed by atoms with Crippen molar-refractivity contribution in [2.45, 2.75) is 157 Å². The number of hydrogen-bond acceptors (Lipinski definition) is 16. The molecule has 0 unspecified atom stereocenters. The Hall–Kier alpha value is -8.52. The summed E-state index contributed by atoms with van der Waals surface area (Å²) in [4.78, 5) is 112. The van der Waals surface area contributed by atoms with Crippen LogP contribution in [0, 0.1) is 34.8 Å². The molecular formula is C75H103F3N10O12. The Morgan fingerprint density at radius 3 is 2.13 bits per heavy atom. The van der Waals surface area contributed by atoms with E-state index < -0.39 is 83.0 Å². The summed E-state index contributed by atoms with van der Waals surface area (Å²) < 4.78 is 64.3. The lowest BCUT2D eigenvalue weighted by Gasteiger charge is -2.41. The van der Waals surface area contributed by atoms with Crippen molar-refractivity contribution in [3.05, 3.63) is 131 Å². The first kappa shape index (κ1) is 80.5. The molecule has 0 bridgehead atoms. The van der Waals surface area contributed by atoms with Gasteiger partial charge in [-0.25, -0.2) is 22.9 Å². The quantitative estimate of drug-likeness (QED) is 0.0140. The first-order chi connectivity index (χ1) is 47.6. The van der Waals surface area contributed by atoms with Gasteiger partial charge in [0.25, 0.3) is 5.91 Å². The number of ketones is 2. The molecule has 100 heavy (non-hydrogen) atoms. The number of carbonyl (C=O) groups is 8. The Balaban J connectivity index is 0.000000436. The van der Waals surface area contributed by atoms with E-state index in [1.54, 1.807) is 53.2 Å². The number of anilines is 2. The summed E-state index contributed by atoms with van der Waals surface area (Å²) >= 11 is 0. The normalized spacial score (nSPS) is 16.1. The second kappa shape index (κ2) is 40.1. The van der Waals surface area contributed by atoms with Crippen LogP contribution in [0.15, 0.2) is 97.2 Å². The average molecular weight is 1390 g/mol. The van der Waals surface area contributed by atoms with E-state index in [0.717, 1.165) is 95.2 Å². The standard InChI is InChI=1S/C52H66F3N7O8.C23H37N3O4/c1-31(2)39(23-32(3)63)48(66)59-43(15-11-12-16-45(56)65)49(67)57-38-20-17-35(18-21-38)30-70-51(69)61-26-36(42(55)28-61)27-62(50(68)33(4)64)46(52(5,6)7)47-58-44(40-24-37(53)19-22-41(40)54)29-60(47)25-34-13-9-8-10-14-34;1-2-15-29-16-4-6-21(28)5-3-9-25-10-12-26(13-11-25)14-17-30-22-8-7-20(19-27)23(24)18-22/h8-10,13-14,17-22,24,29,31,33,36,39,42-43,46,64H,11-12,15-16,23,25-28,30H2,1-7H3,(H2,56,65)(H,57,67)(H,59,66);7-8,18-19H,2-6,9-17,24H2,1H3/t33-,36-,39-,42-,43-,46-;/m0./s1. The highest BCUT2D eigenvalue weighted by Gasteiger charge is 2.45. The van der Waals surface area contributed by atoms with E-state index in [2.05, 4.69) is 27.4 Å². The summed E-state index contributed by atoms with van der Waals surface area (Å²) in [7, 11) is 0. The van der Waals surface area contributed by atoms with Crippen molar-refractivity contribution in [2.24, 2.45) is 28.9 Å². The smallest absolute Gasteiger partial charge is 0.410 e. The van der Waals surface area contributed by atoms with Crippen LogP contribution in [0.4, 0.5) is 29.3 Å². The van der Waals surface area contributed by atoms with Gasteiger partial charge in [0.2, 0.25) is 17.7 Å². The van der Waals surface area contributed by atoms with Gasteiger partial charge in [0.1, 0.15) is 66.3 Å². The van der Waals surface area contributed by atoms with E-state index in [1.807, 2.05) is 65.0 Å². The number of hydrogen-bond donors (Lipinski definition) is 5. The Bertz CT molecular complexity index is 3470. The molecule has 0 radical (unpaired) electrons. The minimum absolute atomic E-state index is 0.0239. The number of benzene rings is 4. The third-order valence-electron chi connectivity index (χ3n) is 17.7. The van der Waals surface area contributed by atoms with Gasteiger partial charge < -0.3 is 65.5 Å². The van der Waals surface area contributed by atoms with Crippen molar-refractivity contribution in [2.75, 3.05) is 89.8 Å². The highest BCUT2D eigenvalue weighted by atomic mass is 19.1. The third-order valence-corrected chi connectivity index (χ3v) is 17.7. The highest BCUT2D eigenvalue weighted by Crippen LogP contribution is 2.41. The maximum absolute atomic E-state index is 16.1. The predicted molar refractivity (Wildman–Crippen MR) is 376 cm³/mol. The minimum Gasteiger partial charge on any atom is -0.492 e. The highest BCUT2D eigenvalue weighted by molar-refractivity contribution is 5.98. The molecule has 2 saturated heterocycles. The largest absolute Gasteiger partial charge is 0.492 e. The fourth-order valence-electron chi connectivity index (χ4n) is 12.1. The average Bonchev–Trinajstić information content (AvgIpc) is 1.60. The van der Waals surface area contributed by atoms with E-state index >= 15 is 8.78 Å². The number of halogens is 3. The van der Waals surface area contributed by atoms with E-state index in [1.165, 1.54) is 23.6 Å². The molecule has 0 spiro atoms. The van der Waals surface area contributed by atoms with Crippen molar-refractivity contribution in [1.29, 1.82) is 0 Å². The van der Waals surface area contributed by atoms with E-state index in [9.17, 15) is 47.9 Å². The van der Waals surface area contributed by atoms with Gasteiger partial charge in [0, 0.05) is 138 Å². The van der Waals surface area contributed by atoms with Crippen LogP contribution in [0.5, 0.6) is 5.75 Å². The molecule has 7 rings (SSSR count). The Morgan fingerprint density at radius 2 is 1.50 bits per heavy atom. The van der Waals surface area contributed by atoms with Crippen molar-refractivity contribution >= 4 is 58.9 Å². The molecule has 2 fully saturated rings. The molecular weight excluding hydrogens is 1290 g/mol. The summed E-state index contributed by atoms with van der Waals surface area (Å²) in [5.41, 5.74) is 13.0. The van der Waals surface area contributed by atoms with Crippen LogP contribution in [0.1, 0.15) is 153 Å². The van der Waals surface area contributed by atoms with Gasteiger partial charge in [-0.15, -0.1) is 0 Å². The number of ether oxygens (including phenoxy) is 3. The van der Waals surface area contributed by atoms with Crippen LogP contribution in [0.2, 0.25) is 0 Å². The van der Waals surface area contributed by atoms with Gasteiger partial charge in [-0.1, -0.05) is 90.4 Å². The van der Waals surface area contributed by atoms with Crippen LogP contribution < -0.4 is 26.8 Å². The number of aliphatic hydroxyl groups is 1. The first-order valence-corrected chi connectivity index (χ1v) is 34.7. The summed E-state index contributed by atoms with van der Waals surface area (Å²) in [6.07, 6.45) is 3.75. The number of likely N-dealkylation sites (tertiary alicyclic amines) is 1. The molecule has 6 atom stereocenters. The van der Waals surface area contributed by atoms with Crippen LogP contribution in [0.25, 0.3) is 11.3 Å². The Labute approximate surface area is 586 Å². The van der Waals surface area contributed by atoms with E-state index in [4.69, 9.17) is 30.7 Å². The predicted octanol–water partition coefficient (Wildman–Crippen LogP) is 10.1. The summed E-state index contributed by atoms with van der Waals surface area (Å²) in [5.74, 6) is -4.04. The lowest BCUT2D eigenvalue weighted by molar-refractivity contribution is -0.146. The van der Waals surface area contributed by atoms with Gasteiger partial charge in [-0.3, -0.25) is 33.7 Å². The molecule has 0 aliphatic carbocycles. The number of primary amides is 1. The third kappa shape index (κ3) is 25.9. The number of Topliss-reactive ketones (excluding diaryl/α,β-unsaturated/α-hetero) is 2. The number of piperazine rings is 1. The lowest BCUT2D eigenvalue weighted by Crippen LogP contribution is -2.49. The van der Waals surface area contributed by atoms with Crippen molar-refractivity contribution in [1.82, 2.24) is 34.5 Å². The molecule has 546 valence electrons. The van der Waals surface area contributed by atoms with Gasteiger partial charge in [0.15, 0.2) is 6.29 Å². The Kier molecular flexibility index (Phi) is 32.2. The molecule has 2 aliphatic rings. The number of alkyl halides is 1. The van der Waals surface area contributed by atoms with Crippen LogP contribution in [-0.4, -0.2) is 179 Å². The molecule has 4 aromatic carbocycles. The molecule has 5 aromatic rings. The molecule has 0 saturated carbocycles. The van der Waals surface area contributed by atoms with Crippen LogP contribution in [0.3, 0.4) is 0 Å². The summed E-state index contributed by atoms with van der Waals surface area (Å²) in [6, 6.07) is 22.0. The molecule has 25 heteroatoms. The zero-order valence-corrected chi connectivity index (χ0v) is 59.2. The number of carbonyl (C=O) groups excluding carboxylic acids is 8. The number of nitrogens with zero attached hydrogens (tertiary/aromatic N) is 6. The number of aldehydes is 1. The number of aliphatic hydroxyl groups excluding tert-OH is 1. The number of nitrogens with one attached hydrogen (secondary N) is 2. The van der Waals surface area contributed by atoms with Crippen molar-refractivity contribution in [3.8, 4) is 17.0 Å². The Morgan fingerprint density at radius 1 is 0.810 bits per heavy atom. The van der Waals surface area contributed by atoms with E-state index in [-0.39, 0.29) is 75.0 Å². The van der Waals surface area contributed by atoms with Gasteiger partial charge in [0.05, 0.1) is 18.3 Å². The maximum Gasteiger partial charge on any atom is 0.410 e. The topological polar surface area (TPSA) is 291 Å². The number of nitrogen functional groups attached to an aromatic ring is 1. The zero-order valence-electron chi connectivity index (χ0n) is 59.2. The fraction of sp³-hybridized carbons (Fsp3) is 0.533. The molecule has 7 N–H and O–H groups in total. The lowest BCUT2D eigenvalue weighted by atomic mass is 9.84. The minimum atomic E-state index is -1.59. The van der Waals surface area contributed by atoms with Crippen molar-refractivity contribution in [3.63, 3.8) is 0 Å². The van der Waals surface area contributed by atoms with Crippen LogP contribution >= 0.6 is 0 Å². The fourth-order valence-corrected chi connectivity index (χ4v) is 12.1. The maximum atomic E-state index is 16.1. The monoisotopic (exact) mass is 1390 g/mol. The molecule has 22 nitrogen and oxygen atoms in total. The zero-order chi connectivity index (χ0) is 73.1. The number of aromatic nitrogens is 2. The molecule has 1 aromatic heterocycles. The summed E-state index contributed by atoms with van der Waals surface area (Å²) in [5, 5.41) is 16.3. The molecule has 3 heterocycles.